The molecule has 2 heterocycles. The van der Waals surface area contributed by atoms with E-state index in [0.717, 1.165) is 57.8 Å². The molecule has 30 heavy (non-hydrogen) atoms. The van der Waals surface area contributed by atoms with E-state index >= 15 is 0 Å². The van der Waals surface area contributed by atoms with Crippen molar-refractivity contribution in [2.45, 2.75) is 87.6 Å². The number of piperidine rings is 1. The van der Waals surface area contributed by atoms with Crippen LogP contribution in [0.2, 0.25) is 0 Å². The van der Waals surface area contributed by atoms with Gasteiger partial charge in [0.25, 0.3) is 0 Å². The first-order valence-electron chi connectivity index (χ1n) is 11.7. The van der Waals surface area contributed by atoms with Crippen LogP contribution in [0.5, 0.6) is 5.75 Å². The molecular weight excluding hydrogens is 383 g/mol. The fraction of sp³-hybridized carbons (Fsp3) is 0.708. The van der Waals surface area contributed by atoms with Gasteiger partial charge in [0.05, 0.1) is 5.60 Å². The molecule has 162 valence electrons. The highest BCUT2D eigenvalue weighted by atomic mass is 19.1. The minimum Gasteiger partial charge on any atom is -0.490 e. The average Bonchev–Trinajstić information content (AvgIpc) is 2.96. The highest BCUT2D eigenvalue weighted by Gasteiger charge is 2.55. The van der Waals surface area contributed by atoms with Crippen LogP contribution >= 0.6 is 0 Å². The summed E-state index contributed by atoms with van der Waals surface area (Å²) in [7, 11) is 0. The molecule has 5 nitrogen and oxygen atoms in total. The lowest BCUT2D eigenvalue weighted by atomic mass is 9.52. The number of carbonyl (C=O) groups is 1. The molecule has 0 spiro atoms. The molecule has 4 aliphatic carbocycles. The molecule has 6 heteroatoms. The van der Waals surface area contributed by atoms with Crippen LogP contribution < -0.4 is 10.1 Å². The molecule has 0 aromatic heterocycles. The molecule has 6 aliphatic rings. The molecule has 2 N–H and O–H groups in total. The number of nitrogens with zero attached hydrogens (tertiary/aromatic N) is 1. The zero-order chi connectivity index (χ0) is 20.5. The molecule has 6 fully saturated rings. The van der Waals surface area contributed by atoms with Crippen molar-refractivity contribution in [1.29, 1.82) is 0 Å². The van der Waals surface area contributed by atoms with Gasteiger partial charge in [0.1, 0.15) is 17.7 Å². The lowest BCUT2D eigenvalue weighted by Crippen LogP contribution is -2.64. The third kappa shape index (κ3) is 3.19. The Morgan fingerprint density at radius 3 is 2.27 bits per heavy atom. The number of hydrogen-bond donors (Lipinski definition) is 2. The van der Waals surface area contributed by atoms with Gasteiger partial charge in [-0.2, -0.15) is 0 Å². The van der Waals surface area contributed by atoms with Crippen molar-refractivity contribution in [3.05, 3.63) is 30.1 Å². The Morgan fingerprint density at radius 1 is 1.03 bits per heavy atom. The average molecular weight is 415 g/mol. The first-order valence-corrected chi connectivity index (χ1v) is 11.7. The summed E-state index contributed by atoms with van der Waals surface area (Å²) in [5.41, 5.74) is -0.465. The first-order chi connectivity index (χ1) is 14.5. The molecule has 2 aliphatic heterocycles. The van der Waals surface area contributed by atoms with Crippen LogP contribution in [0.25, 0.3) is 0 Å². The number of benzene rings is 1. The maximum Gasteiger partial charge on any atom is 0.318 e. The molecule has 2 unspecified atom stereocenters. The van der Waals surface area contributed by atoms with Gasteiger partial charge in [-0.25, -0.2) is 9.18 Å². The van der Waals surface area contributed by atoms with Crippen LogP contribution in [-0.2, 0) is 0 Å². The third-order valence-electron chi connectivity index (χ3n) is 8.57. The van der Waals surface area contributed by atoms with Crippen LogP contribution in [0, 0.1) is 23.6 Å². The molecule has 4 saturated carbocycles. The number of rotatable bonds is 3. The summed E-state index contributed by atoms with van der Waals surface area (Å²) in [4.78, 5) is 15.4. The van der Waals surface area contributed by atoms with Gasteiger partial charge in [-0.15, -0.1) is 0 Å². The van der Waals surface area contributed by atoms with E-state index < -0.39 is 5.60 Å². The van der Waals surface area contributed by atoms with Crippen LogP contribution in [-0.4, -0.2) is 45.9 Å². The molecule has 1 aromatic carbocycles. The van der Waals surface area contributed by atoms with E-state index in [1.54, 1.807) is 12.1 Å². The Kier molecular flexibility index (Phi) is 4.31. The zero-order valence-corrected chi connectivity index (χ0v) is 17.3. The maximum atomic E-state index is 13.3. The number of urea groups is 1. The Hall–Kier alpha value is -1.82. The van der Waals surface area contributed by atoms with E-state index in [2.05, 4.69) is 10.2 Å². The molecule has 2 amide bonds. The summed E-state index contributed by atoms with van der Waals surface area (Å²) in [5, 5.41) is 14.2. The predicted molar refractivity (Wildman–Crippen MR) is 110 cm³/mol. The number of nitrogens with one attached hydrogen (secondary N) is 1. The smallest absolute Gasteiger partial charge is 0.318 e. The lowest BCUT2D eigenvalue weighted by Gasteiger charge is -2.58. The minimum atomic E-state index is -0.465. The molecule has 6 bridgehead atoms. The predicted octanol–water partition coefficient (Wildman–Crippen LogP) is 3.85. The highest BCUT2D eigenvalue weighted by Crippen LogP contribution is 2.55. The fourth-order valence-corrected chi connectivity index (χ4v) is 7.69. The van der Waals surface area contributed by atoms with Crippen molar-refractivity contribution in [3.8, 4) is 5.75 Å². The summed E-state index contributed by atoms with van der Waals surface area (Å²) in [5.74, 6) is 1.96. The largest absolute Gasteiger partial charge is 0.490 e. The molecular formula is C24H31FN2O3. The standard InChI is InChI=1S/C24H31FN2O3/c25-17-1-5-20(6-2-17)30-21-9-18-3-4-19(10-21)27(18)23(28)26-22-15-7-14-8-16(22)13-24(29,11-14)12-15/h1-2,5-6,14-16,18-19,21-22,29H,3-4,7-13H2,(H,26,28)/t14?,15?,16?,18-,19+,21-,22?,24?. The van der Waals surface area contributed by atoms with Gasteiger partial charge < -0.3 is 20.1 Å². The van der Waals surface area contributed by atoms with Gasteiger partial charge in [0.15, 0.2) is 0 Å². The topological polar surface area (TPSA) is 61.8 Å². The third-order valence-corrected chi connectivity index (χ3v) is 8.57. The van der Waals surface area contributed by atoms with E-state index in [-0.39, 0.29) is 36.1 Å². The van der Waals surface area contributed by atoms with Crippen molar-refractivity contribution in [2.24, 2.45) is 17.8 Å². The van der Waals surface area contributed by atoms with E-state index in [4.69, 9.17) is 4.74 Å². The second-order valence-electron chi connectivity index (χ2n) is 10.6. The van der Waals surface area contributed by atoms with Crippen molar-refractivity contribution in [3.63, 3.8) is 0 Å². The van der Waals surface area contributed by atoms with Gasteiger partial charge >= 0.3 is 6.03 Å². The molecule has 1 aromatic rings. The van der Waals surface area contributed by atoms with Crippen LogP contribution in [0.4, 0.5) is 9.18 Å². The number of carbonyl (C=O) groups excluding carboxylic acids is 1. The van der Waals surface area contributed by atoms with Gasteiger partial charge in [0, 0.05) is 31.0 Å². The Morgan fingerprint density at radius 2 is 1.67 bits per heavy atom. The molecule has 5 atom stereocenters. The Bertz CT molecular complexity index is 800. The number of aliphatic hydroxyl groups is 1. The summed E-state index contributed by atoms with van der Waals surface area (Å²) < 4.78 is 19.2. The first kappa shape index (κ1) is 18.9. The number of fused-ring (bicyclic) bond motifs is 2. The molecule has 2 saturated heterocycles. The Labute approximate surface area is 177 Å². The normalized spacial score (nSPS) is 43.7. The van der Waals surface area contributed by atoms with E-state index in [9.17, 15) is 14.3 Å². The summed E-state index contributed by atoms with van der Waals surface area (Å²) in [6, 6.07) is 6.95. The van der Waals surface area contributed by atoms with Gasteiger partial charge in [-0.1, -0.05) is 0 Å². The monoisotopic (exact) mass is 414 g/mol. The zero-order valence-electron chi connectivity index (χ0n) is 17.3. The number of ether oxygens (including phenoxy) is 1. The maximum absolute atomic E-state index is 13.3. The SMILES string of the molecule is O=C(NC1C2CC3CC1CC(O)(C3)C2)N1[C@@H]2CC[C@H]1C[C@H](Oc1ccc(F)cc1)C2. The van der Waals surface area contributed by atoms with E-state index in [1.165, 1.54) is 12.1 Å². The van der Waals surface area contributed by atoms with E-state index in [0.29, 0.717) is 23.5 Å². The van der Waals surface area contributed by atoms with Gasteiger partial charge in [-0.05, 0) is 87.0 Å². The second kappa shape index (κ2) is 6.84. The summed E-state index contributed by atoms with van der Waals surface area (Å²) in [6.45, 7) is 0. The minimum absolute atomic E-state index is 0.0763. The van der Waals surface area contributed by atoms with Crippen molar-refractivity contribution in [2.75, 3.05) is 0 Å². The number of amides is 2. The Balaban J connectivity index is 1.10. The lowest BCUT2D eigenvalue weighted by molar-refractivity contribution is -0.137. The van der Waals surface area contributed by atoms with Crippen LogP contribution in [0.15, 0.2) is 24.3 Å². The fourth-order valence-electron chi connectivity index (χ4n) is 7.69. The van der Waals surface area contributed by atoms with Crippen molar-refractivity contribution in [1.82, 2.24) is 10.2 Å². The van der Waals surface area contributed by atoms with Crippen molar-refractivity contribution < 1.29 is 19.0 Å². The van der Waals surface area contributed by atoms with Gasteiger partial charge in [0.2, 0.25) is 0 Å². The van der Waals surface area contributed by atoms with Gasteiger partial charge in [-0.3, -0.25) is 0 Å². The second-order valence-corrected chi connectivity index (χ2v) is 10.6. The summed E-state index contributed by atoms with van der Waals surface area (Å²) in [6.07, 6.45) is 8.78. The van der Waals surface area contributed by atoms with Crippen molar-refractivity contribution >= 4 is 6.03 Å². The number of hydrogen-bond acceptors (Lipinski definition) is 3. The van der Waals surface area contributed by atoms with E-state index in [1.807, 2.05) is 0 Å². The van der Waals surface area contributed by atoms with Crippen LogP contribution in [0.1, 0.15) is 57.8 Å². The summed E-state index contributed by atoms with van der Waals surface area (Å²) >= 11 is 0. The highest BCUT2D eigenvalue weighted by molar-refractivity contribution is 5.76. The van der Waals surface area contributed by atoms with Crippen LogP contribution in [0.3, 0.4) is 0 Å². The molecule has 7 rings (SSSR count). The quantitative estimate of drug-likeness (QED) is 0.790. The molecule has 0 radical (unpaired) electrons. The number of halogens is 1.